The van der Waals surface area contributed by atoms with Crippen LogP contribution in [0.15, 0.2) is 10.6 Å². The Kier molecular flexibility index (Phi) is 7.04. The van der Waals surface area contributed by atoms with Crippen LogP contribution in [0.4, 0.5) is 0 Å². The first-order valence-corrected chi connectivity index (χ1v) is 8.61. The molecule has 14 heavy (non-hydrogen) atoms. The topological polar surface area (TPSA) is 49.8 Å². The molecule has 0 aromatic carbocycles. The third kappa shape index (κ3) is 2.96. The number of hydrogen-bond donors (Lipinski definition) is 1. The Bertz CT molecular complexity index is 244. The third-order valence-electron chi connectivity index (χ3n) is 1.69. The summed E-state index contributed by atoms with van der Waals surface area (Å²) in [5.41, 5.74) is 6.48. The summed E-state index contributed by atoms with van der Waals surface area (Å²) in [6, 6.07) is 2.22. The van der Waals surface area contributed by atoms with Crippen molar-refractivity contribution in [2.45, 2.75) is 3.41 Å². The fourth-order valence-corrected chi connectivity index (χ4v) is 4.61. The molecule has 0 aromatic heterocycles. The smallest absolute Gasteiger partial charge is 0.144 e. The lowest BCUT2D eigenvalue weighted by Crippen LogP contribution is -2.20. The maximum absolute atomic E-state index is 9.12. The van der Waals surface area contributed by atoms with Crippen LogP contribution in [-0.2, 0) is 0 Å². The van der Waals surface area contributed by atoms with Gasteiger partial charge in [0.25, 0.3) is 0 Å². The largest absolute Gasteiger partial charge is 0.393 e. The highest BCUT2D eigenvalue weighted by atomic mass is 32.3. The van der Waals surface area contributed by atoms with Gasteiger partial charge in [0.05, 0.1) is 10.6 Å². The average molecular weight is 266 g/mol. The zero-order chi connectivity index (χ0) is 11.2. The van der Waals surface area contributed by atoms with Crippen molar-refractivity contribution in [3.05, 3.63) is 10.6 Å². The summed E-state index contributed by atoms with van der Waals surface area (Å²) in [4.78, 5) is 0. The van der Waals surface area contributed by atoms with Crippen LogP contribution in [0.25, 0.3) is 0 Å². The molecule has 0 aliphatic rings. The maximum atomic E-state index is 9.12. The molecule has 0 aliphatic heterocycles. The van der Waals surface area contributed by atoms with Gasteiger partial charge in [0, 0.05) is 0 Å². The highest BCUT2D eigenvalue weighted by Gasteiger charge is 2.34. The number of nitriles is 1. The quantitative estimate of drug-likeness (QED) is 0.610. The molecule has 0 radical (unpaired) electrons. The molecule has 0 fully saturated rings. The maximum Gasteiger partial charge on any atom is 0.144 e. The highest BCUT2D eigenvalue weighted by Crippen LogP contribution is 2.49. The van der Waals surface area contributed by atoms with Crippen LogP contribution in [0.1, 0.15) is 0 Å². The van der Waals surface area contributed by atoms with Gasteiger partial charge in [-0.15, -0.1) is 47.0 Å². The lowest BCUT2D eigenvalue weighted by molar-refractivity contribution is 1.31. The summed E-state index contributed by atoms with van der Waals surface area (Å²) < 4.78 is -0.262. The molecule has 0 rings (SSSR count). The standard InChI is InChI=1S/C8H14N2S4/c1-11-7(10)6(5-9)8(12-2,13-3)14-4/h10H2,1-4H3. The molecule has 0 spiro atoms. The van der Waals surface area contributed by atoms with Crippen LogP contribution in [0.3, 0.4) is 0 Å². The Hall–Kier alpha value is 0.430. The molecule has 0 saturated carbocycles. The van der Waals surface area contributed by atoms with Gasteiger partial charge in [0.2, 0.25) is 0 Å². The van der Waals surface area contributed by atoms with Crippen LogP contribution in [-0.4, -0.2) is 28.4 Å². The Morgan fingerprint density at radius 3 is 1.79 bits per heavy atom. The first-order chi connectivity index (χ1) is 6.61. The predicted molar refractivity (Wildman–Crippen MR) is 73.6 cm³/mol. The monoisotopic (exact) mass is 266 g/mol. The van der Waals surface area contributed by atoms with Gasteiger partial charge in [-0.1, -0.05) is 0 Å². The first kappa shape index (κ1) is 14.4. The molecule has 0 aromatic rings. The van der Waals surface area contributed by atoms with Gasteiger partial charge >= 0.3 is 0 Å². The predicted octanol–water partition coefficient (Wildman–Crippen LogP) is 2.79. The number of hydrogen-bond acceptors (Lipinski definition) is 6. The van der Waals surface area contributed by atoms with Crippen molar-refractivity contribution in [1.29, 1.82) is 5.26 Å². The number of thioether (sulfide) groups is 4. The van der Waals surface area contributed by atoms with E-state index in [0.717, 1.165) is 0 Å². The van der Waals surface area contributed by atoms with Gasteiger partial charge in [-0.05, 0) is 25.0 Å². The van der Waals surface area contributed by atoms with Gasteiger partial charge in [-0.3, -0.25) is 0 Å². The molecule has 2 nitrogen and oxygen atoms in total. The molecule has 0 amide bonds. The normalized spacial score (nSPS) is 13.4. The van der Waals surface area contributed by atoms with Crippen LogP contribution < -0.4 is 5.73 Å². The van der Waals surface area contributed by atoms with E-state index in [9.17, 15) is 0 Å². The SMILES string of the molecule is CSC(N)=C(C#N)C(SC)(SC)SC. The molecule has 0 saturated heterocycles. The Balaban J connectivity index is 5.28. The lowest BCUT2D eigenvalue weighted by atomic mass is 10.3. The summed E-state index contributed by atoms with van der Waals surface area (Å²) >= 11 is 6.36. The molecule has 0 heterocycles. The van der Waals surface area contributed by atoms with Crippen molar-refractivity contribution in [1.82, 2.24) is 0 Å². The van der Waals surface area contributed by atoms with Gasteiger partial charge in [-0.2, -0.15) is 5.26 Å². The Morgan fingerprint density at radius 2 is 1.57 bits per heavy atom. The molecule has 0 bridgehead atoms. The molecular formula is C8H14N2S4. The number of nitrogens with two attached hydrogens (primary N) is 1. The minimum atomic E-state index is -0.262. The van der Waals surface area contributed by atoms with E-state index in [1.807, 2.05) is 25.0 Å². The molecule has 2 N–H and O–H groups in total. The minimum absolute atomic E-state index is 0.262. The van der Waals surface area contributed by atoms with E-state index < -0.39 is 0 Å². The second-order valence-corrected chi connectivity index (χ2v) is 6.91. The summed E-state index contributed by atoms with van der Waals surface area (Å²) in [7, 11) is 0. The van der Waals surface area contributed by atoms with Crippen LogP contribution in [0.5, 0.6) is 0 Å². The molecule has 80 valence electrons. The van der Waals surface area contributed by atoms with Crippen molar-refractivity contribution >= 4 is 47.0 Å². The second kappa shape index (κ2) is 6.83. The number of nitrogens with zero attached hydrogens (tertiary/aromatic N) is 1. The van der Waals surface area contributed by atoms with E-state index in [4.69, 9.17) is 11.0 Å². The van der Waals surface area contributed by atoms with Crippen molar-refractivity contribution in [3.63, 3.8) is 0 Å². The van der Waals surface area contributed by atoms with Gasteiger partial charge in [-0.25, -0.2) is 0 Å². The summed E-state index contributed by atoms with van der Waals surface area (Å²) in [6.45, 7) is 0. The Morgan fingerprint density at radius 1 is 1.14 bits per heavy atom. The van der Waals surface area contributed by atoms with E-state index in [-0.39, 0.29) is 3.41 Å². The lowest BCUT2D eigenvalue weighted by Gasteiger charge is -2.27. The zero-order valence-corrected chi connectivity index (χ0v) is 11.9. The summed E-state index contributed by atoms with van der Waals surface area (Å²) in [5.74, 6) is 0. The van der Waals surface area contributed by atoms with Crippen LogP contribution in [0, 0.1) is 11.3 Å². The fourth-order valence-electron chi connectivity index (χ4n) is 0.933. The highest BCUT2D eigenvalue weighted by molar-refractivity contribution is 8.33. The minimum Gasteiger partial charge on any atom is -0.393 e. The van der Waals surface area contributed by atoms with Crippen molar-refractivity contribution in [2.75, 3.05) is 25.0 Å². The number of rotatable bonds is 5. The third-order valence-corrected chi connectivity index (χ3v) is 7.56. The van der Waals surface area contributed by atoms with Crippen LogP contribution >= 0.6 is 47.0 Å². The molecular weight excluding hydrogens is 252 g/mol. The molecule has 0 unspecified atom stereocenters. The fraction of sp³-hybridized carbons (Fsp3) is 0.625. The van der Waals surface area contributed by atoms with Crippen molar-refractivity contribution in [2.24, 2.45) is 5.73 Å². The molecule has 6 heteroatoms. The van der Waals surface area contributed by atoms with Gasteiger partial charge < -0.3 is 5.73 Å². The summed E-state index contributed by atoms with van der Waals surface area (Å²) in [6.07, 6.45) is 7.88. The van der Waals surface area contributed by atoms with Crippen molar-refractivity contribution < 1.29 is 0 Å². The zero-order valence-electron chi connectivity index (χ0n) is 8.66. The van der Waals surface area contributed by atoms with Gasteiger partial charge in [0.1, 0.15) is 9.48 Å². The second-order valence-electron chi connectivity index (χ2n) is 2.22. The van der Waals surface area contributed by atoms with E-state index >= 15 is 0 Å². The van der Waals surface area contributed by atoms with E-state index in [1.54, 1.807) is 35.3 Å². The summed E-state index contributed by atoms with van der Waals surface area (Å²) in [5, 5.41) is 9.73. The van der Waals surface area contributed by atoms with E-state index in [0.29, 0.717) is 10.6 Å². The van der Waals surface area contributed by atoms with Crippen molar-refractivity contribution in [3.8, 4) is 6.07 Å². The van der Waals surface area contributed by atoms with E-state index in [2.05, 4.69) is 6.07 Å². The van der Waals surface area contributed by atoms with Gasteiger partial charge in [0.15, 0.2) is 0 Å². The average Bonchev–Trinajstić information content (AvgIpc) is 2.25. The van der Waals surface area contributed by atoms with E-state index in [1.165, 1.54) is 11.8 Å². The molecule has 0 atom stereocenters. The van der Waals surface area contributed by atoms with Crippen LogP contribution in [0.2, 0.25) is 0 Å². The Labute approximate surface area is 103 Å². The first-order valence-electron chi connectivity index (χ1n) is 3.71. The molecule has 0 aliphatic carbocycles.